The van der Waals surface area contributed by atoms with Crippen LogP contribution in [0, 0.1) is 21.4 Å². The van der Waals surface area contributed by atoms with E-state index in [0.717, 1.165) is 6.20 Å². The van der Waals surface area contributed by atoms with E-state index in [1.54, 1.807) is 4.90 Å². The van der Waals surface area contributed by atoms with Gasteiger partial charge >= 0.3 is 0 Å². The molecule has 7 heteroatoms. The van der Waals surface area contributed by atoms with Crippen LogP contribution in [0.15, 0.2) is 12.3 Å². The molecule has 1 aliphatic heterocycles. The molecule has 1 N–H and O–H groups in total. The van der Waals surface area contributed by atoms with Gasteiger partial charge in [0.25, 0.3) is 5.69 Å². The van der Waals surface area contributed by atoms with Crippen molar-refractivity contribution in [3.05, 3.63) is 27.9 Å². The van der Waals surface area contributed by atoms with E-state index in [1.165, 1.54) is 6.07 Å². The van der Waals surface area contributed by atoms with Crippen LogP contribution in [0.5, 0.6) is 0 Å². The Kier molecular flexibility index (Phi) is 2.42. The van der Waals surface area contributed by atoms with Crippen molar-refractivity contribution in [1.29, 1.82) is 5.26 Å². The van der Waals surface area contributed by atoms with Gasteiger partial charge in [-0.25, -0.2) is 4.98 Å². The third-order valence-electron chi connectivity index (χ3n) is 2.35. The number of aromatic nitrogens is 1. The molecule has 1 aromatic heterocycles. The van der Waals surface area contributed by atoms with Crippen molar-refractivity contribution in [2.75, 3.05) is 18.0 Å². The highest BCUT2D eigenvalue weighted by molar-refractivity contribution is 5.58. The Morgan fingerprint density at radius 1 is 1.69 bits per heavy atom. The van der Waals surface area contributed by atoms with Crippen LogP contribution in [-0.2, 0) is 0 Å². The summed E-state index contributed by atoms with van der Waals surface area (Å²) in [4.78, 5) is 15.5. The van der Waals surface area contributed by atoms with E-state index >= 15 is 0 Å². The monoisotopic (exact) mass is 220 g/mol. The van der Waals surface area contributed by atoms with Crippen LogP contribution in [0.4, 0.5) is 11.5 Å². The summed E-state index contributed by atoms with van der Waals surface area (Å²) in [7, 11) is 0. The molecule has 82 valence electrons. The molecular weight excluding hydrogens is 212 g/mol. The second-order valence-corrected chi connectivity index (χ2v) is 3.49. The van der Waals surface area contributed by atoms with E-state index in [4.69, 9.17) is 10.4 Å². The number of hydrogen-bond acceptors (Lipinski definition) is 6. The molecule has 2 rings (SSSR count). The molecule has 1 aromatic rings. The lowest BCUT2D eigenvalue weighted by Crippen LogP contribution is -2.51. The third kappa shape index (κ3) is 1.66. The minimum absolute atomic E-state index is 0.154. The smallest absolute Gasteiger partial charge is 0.289 e. The van der Waals surface area contributed by atoms with Crippen LogP contribution in [0.25, 0.3) is 0 Å². The molecule has 0 spiro atoms. The number of β-amino-alcohol motifs (C(OH)–C–C–N with tert-alkyl or cyclic N) is 1. The van der Waals surface area contributed by atoms with Crippen molar-refractivity contribution in [1.82, 2.24) is 4.98 Å². The van der Waals surface area contributed by atoms with Crippen molar-refractivity contribution in [3.63, 3.8) is 0 Å². The molecule has 0 unspecified atom stereocenters. The van der Waals surface area contributed by atoms with Crippen molar-refractivity contribution >= 4 is 11.5 Å². The lowest BCUT2D eigenvalue weighted by Gasteiger charge is -2.37. The summed E-state index contributed by atoms with van der Waals surface area (Å²) in [5, 5.41) is 28.5. The predicted molar refractivity (Wildman–Crippen MR) is 53.8 cm³/mol. The standard InChI is InChI=1S/C9H8N4O3/c10-2-6-1-7(13(15)16)3-11-9(6)12-4-8(14)5-12/h1,3,8,14H,4-5H2. The number of anilines is 1. The first kappa shape index (κ1) is 10.3. The lowest BCUT2D eigenvalue weighted by molar-refractivity contribution is -0.385. The van der Waals surface area contributed by atoms with Gasteiger partial charge in [0.2, 0.25) is 0 Å². The first-order chi connectivity index (χ1) is 7.61. The maximum absolute atomic E-state index is 10.5. The third-order valence-corrected chi connectivity index (χ3v) is 2.35. The average Bonchev–Trinajstić information content (AvgIpc) is 2.24. The molecule has 2 heterocycles. The Morgan fingerprint density at radius 3 is 2.88 bits per heavy atom. The van der Waals surface area contributed by atoms with E-state index in [2.05, 4.69) is 4.98 Å². The Labute approximate surface area is 90.7 Å². The fourth-order valence-corrected chi connectivity index (χ4v) is 1.51. The Balaban J connectivity index is 2.33. The highest BCUT2D eigenvalue weighted by Crippen LogP contribution is 2.25. The molecule has 16 heavy (non-hydrogen) atoms. The molecule has 0 bridgehead atoms. The van der Waals surface area contributed by atoms with E-state index < -0.39 is 11.0 Å². The van der Waals surface area contributed by atoms with E-state index in [0.29, 0.717) is 18.9 Å². The van der Waals surface area contributed by atoms with Crippen molar-refractivity contribution < 1.29 is 10.0 Å². The summed E-state index contributed by atoms with van der Waals surface area (Å²) >= 11 is 0. The van der Waals surface area contributed by atoms with Gasteiger partial charge in [-0.3, -0.25) is 10.1 Å². The molecular formula is C9H8N4O3. The normalized spacial score (nSPS) is 15.4. The van der Waals surface area contributed by atoms with Gasteiger partial charge in [-0.15, -0.1) is 0 Å². The van der Waals surface area contributed by atoms with Gasteiger partial charge in [0.05, 0.1) is 11.0 Å². The van der Waals surface area contributed by atoms with Crippen LogP contribution in [-0.4, -0.2) is 34.2 Å². The minimum atomic E-state index is -0.595. The lowest BCUT2D eigenvalue weighted by atomic mass is 10.1. The van der Waals surface area contributed by atoms with Gasteiger partial charge < -0.3 is 10.0 Å². The molecule has 0 saturated carbocycles. The predicted octanol–water partition coefficient (Wildman–Crippen LogP) is 0.0424. The van der Waals surface area contributed by atoms with Gasteiger partial charge in [0.15, 0.2) is 0 Å². The molecule has 0 aliphatic carbocycles. The largest absolute Gasteiger partial charge is 0.389 e. The zero-order valence-electron chi connectivity index (χ0n) is 8.20. The number of nitro groups is 1. The van der Waals surface area contributed by atoms with Gasteiger partial charge in [-0.1, -0.05) is 0 Å². The van der Waals surface area contributed by atoms with Gasteiger partial charge in [-0.05, 0) is 0 Å². The molecule has 0 atom stereocenters. The topological polar surface area (TPSA) is 103 Å². The zero-order valence-corrected chi connectivity index (χ0v) is 8.20. The van der Waals surface area contributed by atoms with E-state index in [9.17, 15) is 10.1 Å². The molecule has 1 aliphatic rings. The first-order valence-corrected chi connectivity index (χ1v) is 4.59. The van der Waals surface area contributed by atoms with Crippen molar-refractivity contribution in [3.8, 4) is 6.07 Å². The number of nitrogens with zero attached hydrogens (tertiary/aromatic N) is 4. The van der Waals surface area contributed by atoms with Crippen LogP contribution in [0.2, 0.25) is 0 Å². The average molecular weight is 220 g/mol. The van der Waals surface area contributed by atoms with E-state index in [1.807, 2.05) is 6.07 Å². The number of rotatable bonds is 2. The number of pyridine rings is 1. The molecule has 7 nitrogen and oxygen atoms in total. The molecule has 1 saturated heterocycles. The number of aliphatic hydroxyl groups is 1. The summed E-state index contributed by atoms with van der Waals surface area (Å²) in [5.74, 6) is 0.387. The SMILES string of the molecule is N#Cc1cc([N+](=O)[O-])cnc1N1CC(O)C1. The van der Waals surface area contributed by atoms with Gasteiger partial charge in [0, 0.05) is 19.2 Å². The maximum atomic E-state index is 10.5. The number of aliphatic hydroxyl groups excluding tert-OH is 1. The number of nitriles is 1. The van der Waals surface area contributed by atoms with Gasteiger partial charge in [-0.2, -0.15) is 5.26 Å². The summed E-state index contributed by atoms with van der Waals surface area (Å²) in [6, 6.07) is 3.05. The minimum Gasteiger partial charge on any atom is -0.389 e. The Bertz CT molecular complexity index is 476. The van der Waals surface area contributed by atoms with Gasteiger partial charge in [0.1, 0.15) is 23.6 Å². The van der Waals surface area contributed by atoms with Crippen molar-refractivity contribution in [2.24, 2.45) is 0 Å². The Morgan fingerprint density at radius 2 is 2.38 bits per heavy atom. The van der Waals surface area contributed by atoms with Crippen LogP contribution < -0.4 is 4.90 Å². The first-order valence-electron chi connectivity index (χ1n) is 4.59. The fraction of sp³-hybridized carbons (Fsp3) is 0.333. The van der Waals surface area contributed by atoms with Crippen LogP contribution in [0.3, 0.4) is 0 Å². The summed E-state index contributed by atoms with van der Waals surface area (Å²) in [6.07, 6.45) is 0.699. The van der Waals surface area contributed by atoms with Crippen LogP contribution in [0.1, 0.15) is 5.56 Å². The Hall–Kier alpha value is -2.20. The second-order valence-electron chi connectivity index (χ2n) is 3.49. The highest BCUT2D eigenvalue weighted by atomic mass is 16.6. The maximum Gasteiger partial charge on any atom is 0.289 e. The van der Waals surface area contributed by atoms with Crippen molar-refractivity contribution in [2.45, 2.75) is 6.10 Å². The van der Waals surface area contributed by atoms with E-state index in [-0.39, 0.29) is 11.3 Å². The summed E-state index contributed by atoms with van der Waals surface area (Å²) in [6.45, 7) is 0.805. The quantitative estimate of drug-likeness (QED) is 0.557. The molecule has 0 radical (unpaired) electrons. The molecule has 0 aromatic carbocycles. The van der Waals surface area contributed by atoms with Crippen LogP contribution >= 0.6 is 0 Å². The second kappa shape index (κ2) is 3.75. The number of hydrogen-bond donors (Lipinski definition) is 1. The zero-order chi connectivity index (χ0) is 11.7. The molecule has 1 fully saturated rings. The fourth-order valence-electron chi connectivity index (χ4n) is 1.51. The molecule has 0 amide bonds. The highest BCUT2D eigenvalue weighted by Gasteiger charge is 2.28. The summed E-state index contributed by atoms with van der Waals surface area (Å²) < 4.78 is 0. The summed E-state index contributed by atoms with van der Waals surface area (Å²) in [5.41, 5.74) is -0.0533.